The lowest BCUT2D eigenvalue weighted by Crippen LogP contribution is -2.34. The minimum atomic E-state index is -0.406. The van der Waals surface area contributed by atoms with E-state index >= 15 is 0 Å². The van der Waals surface area contributed by atoms with Crippen LogP contribution in [0.1, 0.15) is 18.2 Å². The van der Waals surface area contributed by atoms with Crippen molar-refractivity contribution in [1.29, 1.82) is 5.26 Å². The van der Waals surface area contributed by atoms with Gasteiger partial charge in [-0.25, -0.2) is 4.98 Å². The summed E-state index contributed by atoms with van der Waals surface area (Å²) in [6.45, 7) is 2.11. The Balaban J connectivity index is 2.62. The molecule has 0 amide bonds. The van der Waals surface area contributed by atoms with E-state index in [2.05, 4.69) is 15.0 Å². The van der Waals surface area contributed by atoms with Gasteiger partial charge in [0.1, 0.15) is 17.8 Å². The Bertz CT molecular complexity index is 412. The number of nitrogens with one attached hydrogen (secondary N) is 1. The molecule has 0 aliphatic rings. The molecule has 1 aromatic heterocycles. The molecule has 1 unspecified atom stereocenters. The summed E-state index contributed by atoms with van der Waals surface area (Å²) in [5.74, 6) is -0.331. The van der Waals surface area contributed by atoms with Gasteiger partial charge in [-0.3, -0.25) is 4.79 Å². The summed E-state index contributed by atoms with van der Waals surface area (Å²) in [5.41, 5.74) is 1.13. The highest BCUT2D eigenvalue weighted by Gasteiger charge is 2.12. The molecule has 84 valence electrons. The normalized spacial score (nSPS) is 11.6. The molecular formula is C11H13N3O2. The predicted molar refractivity (Wildman–Crippen MR) is 57.3 cm³/mol. The lowest BCUT2D eigenvalue weighted by molar-refractivity contribution is -0.142. The third-order valence-electron chi connectivity index (χ3n) is 2.15. The van der Waals surface area contributed by atoms with E-state index in [1.165, 1.54) is 7.11 Å². The Kier molecular flexibility index (Phi) is 4.42. The molecule has 0 bridgehead atoms. The van der Waals surface area contributed by atoms with Gasteiger partial charge in [-0.1, -0.05) is 6.07 Å². The minimum Gasteiger partial charge on any atom is -0.468 e. The number of nitriles is 1. The molecule has 0 saturated heterocycles. The predicted octanol–water partition coefficient (Wildman–Crippen LogP) is 0.604. The molecular weight excluding hydrogens is 206 g/mol. The number of hydrogen-bond acceptors (Lipinski definition) is 5. The van der Waals surface area contributed by atoms with Crippen LogP contribution in [0, 0.1) is 11.3 Å². The molecule has 1 aromatic rings. The van der Waals surface area contributed by atoms with Gasteiger partial charge in [0.25, 0.3) is 0 Å². The molecule has 0 aliphatic carbocycles. The highest BCUT2D eigenvalue weighted by atomic mass is 16.5. The number of carbonyl (C=O) groups is 1. The maximum atomic E-state index is 11.1. The second-order valence-corrected chi connectivity index (χ2v) is 3.25. The van der Waals surface area contributed by atoms with Gasteiger partial charge in [0.15, 0.2) is 0 Å². The molecule has 5 nitrogen and oxygen atoms in total. The van der Waals surface area contributed by atoms with E-state index in [-0.39, 0.29) is 5.97 Å². The first-order chi connectivity index (χ1) is 7.69. The molecule has 1 atom stereocenters. The van der Waals surface area contributed by atoms with Crippen molar-refractivity contribution in [3.8, 4) is 6.07 Å². The SMILES string of the molecule is COC(=O)C(C)NCc1cccnc1C#N. The van der Waals surface area contributed by atoms with Crippen molar-refractivity contribution in [2.45, 2.75) is 19.5 Å². The molecule has 16 heavy (non-hydrogen) atoms. The first kappa shape index (κ1) is 12.1. The highest BCUT2D eigenvalue weighted by molar-refractivity contribution is 5.75. The first-order valence-electron chi connectivity index (χ1n) is 4.84. The molecule has 0 aliphatic heterocycles. The van der Waals surface area contributed by atoms with Crippen molar-refractivity contribution in [3.05, 3.63) is 29.6 Å². The zero-order valence-corrected chi connectivity index (χ0v) is 9.23. The van der Waals surface area contributed by atoms with Crippen LogP contribution in [0.4, 0.5) is 0 Å². The Morgan fingerprint density at radius 2 is 2.50 bits per heavy atom. The molecule has 1 N–H and O–H groups in total. The summed E-state index contributed by atoms with van der Waals surface area (Å²) in [4.78, 5) is 15.0. The van der Waals surface area contributed by atoms with Crippen LogP contribution >= 0.6 is 0 Å². The van der Waals surface area contributed by atoms with Crippen molar-refractivity contribution >= 4 is 5.97 Å². The van der Waals surface area contributed by atoms with Gasteiger partial charge in [-0.15, -0.1) is 0 Å². The van der Waals surface area contributed by atoms with E-state index in [0.717, 1.165) is 5.56 Å². The molecule has 1 rings (SSSR count). The van der Waals surface area contributed by atoms with E-state index in [1.54, 1.807) is 25.3 Å². The maximum Gasteiger partial charge on any atom is 0.322 e. The van der Waals surface area contributed by atoms with Crippen LogP contribution in [-0.2, 0) is 16.1 Å². The maximum absolute atomic E-state index is 11.1. The van der Waals surface area contributed by atoms with E-state index in [1.807, 2.05) is 6.07 Å². The fourth-order valence-corrected chi connectivity index (χ4v) is 1.21. The van der Waals surface area contributed by atoms with Crippen LogP contribution in [0.15, 0.2) is 18.3 Å². The summed E-state index contributed by atoms with van der Waals surface area (Å²) in [6.07, 6.45) is 1.56. The largest absolute Gasteiger partial charge is 0.468 e. The number of pyridine rings is 1. The van der Waals surface area contributed by atoms with Gasteiger partial charge in [0.2, 0.25) is 0 Å². The number of carbonyl (C=O) groups excluding carboxylic acids is 1. The van der Waals surface area contributed by atoms with E-state index < -0.39 is 6.04 Å². The smallest absolute Gasteiger partial charge is 0.322 e. The first-order valence-corrected chi connectivity index (χ1v) is 4.84. The van der Waals surface area contributed by atoms with Crippen LogP contribution in [-0.4, -0.2) is 24.1 Å². The van der Waals surface area contributed by atoms with Crippen LogP contribution in [0.25, 0.3) is 0 Å². The van der Waals surface area contributed by atoms with Gasteiger partial charge < -0.3 is 10.1 Å². The van der Waals surface area contributed by atoms with Gasteiger partial charge in [0.05, 0.1) is 7.11 Å². The summed E-state index contributed by atoms with van der Waals surface area (Å²) >= 11 is 0. The Hall–Kier alpha value is -1.93. The van der Waals surface area contributed by atoms with Crippen LogP contribution in [0.5, 0.6) is 0 Å². The average Bonchev–Trinajstić information content (AvgIpc) is 2.35. The van der Waals surface area contributed by atoms with Gasteiger partial charge in [-0.2, -0.15) is 5.26 Å². The Labute approximate surface area is 94.1 Å². The fourth-order valence-electron chi connectivity index (χ4n) is 1.21. The number of esters is 1. The third-order valence-corrected chi connectivity index (χ3v) is 2.15. The Morgan fingerprint density at radius 3 is 3.12 bits per heavy atom. The molecule has 0 spiro atoms. The van der Waals surface area contributed by atoms with Gasteiger partial charge in [0, 0.05) is 18.3 Å². The molecule has 0 aromatic carbocycles. The van der Waals surface area contributed by atoms with Crippen molar-refractivity contribution in [3.63, 3.8) is 0 Å². The van der Waals surface area contributed by atoms with Gasteiger partial charge >= 0.3 is 5.97 Å². The zero-order chi connectivity index (χ0) is 12.0. The average molecular weight is 219 g/mol. The molecule has 0 saturated carbocycles. The van der Waals surface area contributed by atoms with Crippen LogP contribution in [0.3, 0.4) is 0 Å². The monoisotopic (exact) mass is 219 g/mol. The molecule has 5 heteroatoms. The molecule has 0 radical (unpaired) electrons. The second kappa shape index (κ2) is 5.83. The highest BCUT2D eigenvalue weighted by Crippen LogP contribution is 2.03. The number of nitrogens with zero attached hydrogens (tertiary/aromatic N) is 2. The van der Waals surface area contributed by atoms with Crippen molar-refractivity contribution in [2.24, 2.45) is 0 Å². The van der Waals surface area contributed by atoms with Crippen molar-refractivity contribution in [2.75, 3.05) is 7.11 Å². The summed E-state index contributed by atoms with van der Waals surface area (Å²) in [6, 6.07) is 5.13. The zero-order valence-electron chi connectivity index (χ0n) is 9.23. The van der Waals surface area contributed by atoms with Gasteiger partial charge in [-0.05, 0) is 13.0 Å². The van der Waals surface area contributed by atoms with Crippen molar-refractivity contribution < 1.29 is 9.53 Å². The van der Waals surface area contributed by atoms with Crippen molar-refractivity contribution in [1.82, 2.24) is 10.3 Å². The number of rotatable bonds is 4. The number of ether oxygens (including phenoxy) is 1. The summed E-state index contributed by atoms with van der Waals surface area (Å²) in [7, 11) is 1.34. The number of aromatic nitrogens is 1. The van der Waals surface area contributed by atoms with Crippen LogP contribution < -0.4 is 5.32 Å². The molecule has 0 fully saturated rings. The standard InChI is InChI=1S/C11H13N3O2/c1-8(11(15)16-2)14-7-9-4-3-5-13-10(9)6-12/h3-5,8,14H,7H2,1-2H3. The number of hydrogen-bond donors (Lipinski definition) is 1. The summed E-state index contributed by atoms with van der Waals surface area (Å²) < 4.78 is 4.57. The van der Waals surface area contributed by atoms with E-state index in [9.17, 15) is 4.79 Å². The lowest BCUT2D eigenvalue weighted by atomic mass is 10.2. The lowest BCUT2D eigenvalue weighted by Gasteiger charge is -2.11. The van der Waals surface area contributed by atoms with E-state index in [4.69, 9.17) is 5.26 Å². The summed E-state index contributed by atoms with van der Waals surface area (Å²) in [5, 5.41) is 11.8. The Morgan fingerprint density at radius 1 is 1.75 bits per heavy atom. The third kappa shape index (κ3) is 3.04. The van der Waals surface area contributed by atoms with E-state index in [0.29, 0.717) is 12.2 Å². The fraction of sp³-hybridized carbons (Fsp3) is 0.364. The topological polar surface area (TPSA) is 75.0 Å². The van der Waals surface area contributed by atoms with Crippen LogP contribution in [0.2, 0.25) is 0 Å². The molecule has 1 heterocycles. The second-order valence-electron chi connectivity index (χ2n) is 3.25. The number of methoxy groups -OCH3 is 1. The quantitative estimate of drug-likeness (QED) is 0.751. The minimum absolute atomic E-state index is 0.331.